The van der Waals surface area contributed by atoms with Gasteiger partial charge in [-0.1, -0.05) is 33.8 Å². The molecule has 0 fully saturated rings. The molecular formula is C18H32N2S2. The van der Waals surface area contributed by atoms with Crippen LogP contribution in [0.25, 0.3) is 0 Å². The summed E-state index contributed by atoms with van der Waals surface area (Å²) < 4.78 is -0.0281. The van der Waals surface area contributed by atoms with Gasteiger partial charge in [0.1, 0.15) is 0 Å². The Morgan fingerprint density at radius 3 is 2.23 bits per heavy atom. The molecule has 126 valence electrons. The van der Waals surface area contributed by atoms with Crippen LogP contribution in [-0.2, 0) is 0 Å². The second-order valence-corrected chi connectivity index (χ2v) is 9.62. The van der Waals surface area contributed by atoms with Crippen LogP contribution in [0.2, 0.25) is 0 Å². The molecule has 1 unspecified atom stereocenters. The van der Waals surface area contributed by atoms with Gasteiger partial charge in [0.05, 0.1) is 4.90 Å². The van der Waals surface area contributed by atoms with E-state index in [0.29, 0.717) is 11.2 Å². The van der Waals surface area contributed by atoms with Gasteiger partial charge >= 0.3 is 0 Å². The van der Waals surface area contributed by atoms with E-state index < -0.39 is 0 Å². The number of thioether (sulfide) groups is 1. The summed E-state index contributed by atoms with van der Waals surface area (Å²) in [6.45, 7) is 15.1. The van der Waals surface area contributed by atoms with Crippen LogP contribution >= 0.6 is 24.4 Å². The number of rotatable bonds is 9. The molecule has 2 N–H and O–H groups in total. The van der Waals surface area contributed by atoms with Gasteiger partial charge in [0.2, 0.25) is 0 Å². The van der Waals surface area contributed by atoms with Gasteiger partial charge in [-0.3, -0.25) is 0 Å². The minimum Gasteiger partial charge on any atom is -0.384 e. The zero-order chi connectivity index (χ0) is 16.8. The number of thiol groups is 1. The van der Waals surface area contributed by atoms with Crippen molar-refractivity contribution in [2.24, 2.45) is 5.92 Å². The second kappa shape index (κ2) is 8.97. The molecule has 0 aliphatic carbocycles. The number of benzene rings is 1. The van der Waals surface area contributed by atoms with E-state index in [1.54, 1.807) is 0 Å². The molecule has 0 aliphatic heterocycles. The van der Waals surface area contributed by atoms with Crippen LogP contribution in [0.4, 0.5) is 11.4 Å². The average Bonchev–Trinajstić information content (AvgIpc) is 2.43. The number of nitrogens with one attached hydrogen (secondary N) is 2. The van der Waals surface area contributed by atoms with Crippen molar-refractivity contribution in [1.82, 2.24) is 0 Å². The number of hydrogen-bond donors (Lipinski definition) is 3. The number of anilines is 2. The predicted molar refractivity (Wildman–Crippen MR) is 107 cm³/mol. The van der Waals surface area contributed by atoms with Gasteiger partial charge in [-0.2, -0.15) is 12.6 Å². The Morgan fingerprint density at radius 1 is 1.14 bits per heavy atom. The van der Waals surface area contributed by atoms with Gasteiger partial charge in [0.15, 0.2) is 0 Å². The topological polar surface area (TPSA) is 24.1 Å². The third-order valence-electron chi connectivity index (χ3n) is 3.32. The second-order valence-electron chi connectivity index (χ2n) is 6.96. The fourth-order valence-corrected chi connectivity index (χ4v) is 3.03. The van der Waals surface area contributed by atoms with E-state index in [0.717, 1.165) is 13.1 Å². The summed E-state index contributed by atoms with van der Waals surface area (Å²) in [5.74, 6) is 0.634. The third-order valence-corrected chi connectivity index (χ3v) is 4.89. The monoisotopic (exact) mass is 340 g/mol. The fraction of sp³-hybridized carbons (Fsp3) is 0.667. The largest absolute Gasteiger partial charge is 0.384 e. The highest BCUT2D eigenvalue weighted by atomic mass is 32.2. The zero-order valence-corrected chi connectivity index (χ0v) is 16.6. The zero-order valence-electron chi connectivity index (χ0n) is 14.9. The van der Waals surface area contributed by atoms with Crippen LogP contribution in [0, 0.1) is 5.92 Å². The van der Waals surface area contributed by atoms with Crippen LogP contribution in [-0.4, -0.2) is 23.1 Å². The van der Waals surface area contributed by atoms with Crippen molar-refractivity contribution in [1.29, 1.82) is 0 Å². The Kier molecular flexibility index (Phi) is 7.98. The Bertz CT molecular complexity index is 453. The van der Waals surface area contributed by atoms with Crippen LogP contribution in [0.1, 0.15) is 48.0 Å². The lowest BCUT2D eigenvalue weighted by Crippen LogP contribution is -2.23. The SMILES string of the molecule is CCC(C)Sc1c(NCC(C)C)cccc1NCC(C)(C)S. The molecule has 22 heavy (non-hydrogen) atoms. The van der Waals surface area contributed by atoms with E-state index in [2.05, 4.69) is 83.0 Å². The Balaban J connectivity index is 2.99. The van der Waals surface area contributed by atoms with Crippen LogP contribution in [0.15, 0.2) is 23.1 Å². The molecule has 0 spiro atoms. The standard InChI is InChI=1S/C18H32N2S2/c1-7-14(4)22-17-15(19-11-13(2)3)9-8-10-16(17)20-12-18(5,6)21/h8-10,13-14,19-21H,7,11-12H2,1-6H3. The smallest absolute Gasteiger partial charge is 0.0539 e. The predicted octanol–water partition coefficient (Wildman–Crippen LogP) is 5.77. The van der Waals surface area contributed by atoms with Gasteiger partial charge in [-0.05, 0) is 38.3 Å². The first kappa shape index (κ1) is 19.6. The summed E-state index contributed by atoms with van der Waals surface area (Å²) in [6, 6.07) is 6.48. The highest BCUT2D eigenvalue weighted by Gasteiger charge is 2.15. The summed E-state index contributed by atoms with van der Waals surface area (Å²) in [6.07, 6.45) is 1.17. The number of hydrogen-bond acceptors (Lipinski definition) is 4. The Labute approximate surface area is 146 Å². The molecule has 1 atom stereocenters. The quantitative estimate of drug-likeness (QED) is 0.393. The molecular weight excluding hydrogens is 308 g/mol. The summed E-state index contributed by atoms with van der Waals surface area (Å²) in [4.78, 5) is 1.33. The van der Waals surface area contributed by atoms with Crippen molar-refractivity contribution in [3.8, 4) is 0 Å². The van der Waals surface area contributed by atoms with Crippen LogP contribution < -0.4 is 10.6 Å². The normalized spacial score (nSPS) is 13.3. The third kappa shape index (κ3) is 7.19. The average molecular weight is 341 g/mol. The Hall–Kier alpha value is -0.480. The highest BCUT2D eigenvalue weighted by Crippen LogP contribution is 2.38. The lowest BCUT2D eigenvalue weighted by molar-refractivity contribution is 0.688. The lowest BCUT2D eigenvalue weighted by atomic mass is 10.2. The van der Waals surface area contributed by atoms with E-state index >= 15 is 0 Å². The van der Waals surface area contributed by atoms with E-state index in [4.69, 9.17) is 0 Å². The van der Waals surface area contributed by atoms with E-state index in [1.165, 1.54) is 22.7 Å². The molecule has 4 heteroatoms. The Morgan fingerprint density at radius 2 is 1.73 bits per heavy atom. The minimum atomic E-state index is -0.0281. The van der Waals surface area contributed by atoms with Crippen LogP contribution in [0.5, 0.6) is 0 Å². The van der Waals surface area contributed by atoms with E-state index in [9.17, 15) is 0 Å². The molecule has 0 heterocycles. The molecule has 0 radical (unpaired) electrons. The lowest BCUT2D eigenvalue weighted by Gasteiger charge is -2.23. The molecule has 1 aromatic rings. The molecule has 0 saturated heterocycles. The molecule has 0 saturated carbocycles. The maximum atomic E-state index is 4.62. The maximum absolute atomic E-state index is 4.62. The summed E-state index contributed by atoms with van der Waals surface area (Å²) >= 11 is 6.57. The highest BCUT2D eigenvalue weighted by molar-refractivity contribution is 8.00. The van der Waals surface area contributed by atoms with Crippen molar-refractivity contribution >= 4 is 35.8 Å². The van der Waals surface area contributed by atoms with E-state index in [-0.39, 0.29) is 4.75 Å². The van der Waals surface area contributed by atoms with Crippen molar-refractivity contribution in [2.45, 2.75) is 62.9 Å². The minimum absolute atomic E-state index is 0.0281. The first-order valence-corrected chi connectivity index (χ1v) is 9.55. The first-order valence-electron chi connectivity index (χ1n) is 8.22. The van der Waals surface area contributed by atoms with Gasteiger partial charge in [-0.15, -0.1) is 11.8 Å². The molecule has 1 rings (SSSR count). The molecule has 0 bridgehead atoms. The van der Waals surface area contributed by atoms with Gasteiger partial charge in [0, 0.05) is 34.5 Å². The summed E-state index contributed by atoms with van der Waals surface area (Å²) in [5.41, 5.74) is 2.45. The molecule has 0 aromatic heterocycles. The van der Waals surface area contributed by atoms with Gasteiger partial charge in [0.25, 0.3) is 0 Å². The fourth-order valence-electron chi connectivity index (χ4n) is 1.85. The molecule has 0 aliphatic rings. The van der Waals surface area contributed by atoms with Gasteiger partial charge in [-0.25, -0.2) is 0 Å². The maximum Gasteiger partial charge on any atom is 0.0539 e. The van der Waals surface area contributed by atoms with Crippen molar-refractivity contribution in [3.63, 3.8) is 0 Å². The first-order chi connectivity index (χ1) is 10.2. The molecule has 1 aromatic carbocycles. The summed E-state index contributed by atoms with van der Waals surface area (Å²) in [5, 5.41) is 7.78. The van der Waals surface area contributed by atoms with E-state index in [1.807, 2.05) is 11.8 Å². The molecule has 2 nitrogen and oxygen atoms in total. The molecule has 0 amide bonds. The summed E-state index contributed by atoms with van der Waals surface area (Å²) in [7, 11) is 0. The van der Waals surface area contributed by atoms with Gasteiger partial charge < -0.3 is 10.6 Å². The van der Waals surface area contributed by atoms with Crippen molar-refractivity contribution < 1.29 is 0 Å². The van der Waals surface area contributed by atoms with Crippen molar-refractivity contribution in [3.05, 3.63) is 18.2 Å². The van der Waals surface area contributed by atoms with Crippen molar-refractivity contribution in [2.75, 3.05) is 23.7 Å². The van der Waals surface area contributed by atoms with Crippen LogP contribution in [0.3, 0.4) is 0 Å².